The number of benzene rings is 1. The number of aliphatic hydroxyl groups is 1. The van der Waals surface area contributed by atoms with Crippen LogP contribution in [0.1, 0.15) is 38.7 Å². The molecular formula is C16H23NO2. The molecule has 2 atom stereocenters. The molecule has 0 aromatic heterocycles. The highest BCUT2D eigenvalue weighted by Crippen LogP contribution is 2.43. The number of fused-ring (bicyclic) bond motifs is 1. The zero-order chi connectivity index (χ0) is 13.5. The lowest BCUT2D eigenvalue weighted by molar-refractivity contribution is 0.00933. The van der Waals surface area contributed by atoms with Gasteiger partial charge < -0.3 is 9.84 Å². The van der Waals surface area contributed by atoms with Crippen molar-refractivity contribution in [3.8, 4) is 5.75 Å². The summed E-state index contributed by atoms with van der Waals surface area (Å²) in [7, 11) is 0. The SMILES string of the molecule is CC(C)Oc1ccc(C2(O)CCN3CCCC32)cc1. The van der Waals surface area contributed by atoms with E-state index in [4.69, 9.17) is 4.74 Å². The van der Waals surface area contributed by atoms with Crippen molar-refractivity contribution in [2.24, 2.45) is 0 Å². The molecule has 0 saturated carbocycles. The number of hydrogen-bond acceptors (Lipinski definition) is 3. The number of hydrogen-bond donors (Lipinski definition) is 1. The Morgan fingerprint density at radius 1 is 1.26 bits per heavy atom. The molecule has 2 aliphatic heterocycles. The van der Waals surface area contributed by atoms with Crippen LogP contribution in [0.15, 0.2) is 24.3 Å². The molecule has 1 aromatic carbocycles. The van der Waals surface area contributed by atoms with Gasteiger partial charge in [0.15, 0.2) is 0 Å². The van der Waals surface area contributed by atoms with Gasteiger partial charge in [-0.05, 0) is 57.4 Å². The van der Waals surface area contributed by atoms with Gasteiger partial charge in [-0.2, -0.15) is 0 Å². The maximum atomic E-state index is 11.0. The van der Waals surface area contributed by atoms with Crippen LogP contribution in [0.3, 0.4) is 0 Å². The van der Waals surface area contributed by atoms with E-state index in [-0.39, 0.29) is 6.10 Å². The van der Waals surface area contributed by atoms with Crippen LogP contribution in [0.5, 0.6) is 5.75 Å². The van der Waals surface area contributed by atoms with Gasteiger partial charge in [-0.1, -0.05) is 12.1 Å². The Bertz CT molecular complexity index is 443. The summed E-state index contributed by atoms with van der Waals surface area (Å²) in [6.45, 7) is 6.20. The first kappa shape index (κ1) is 12.9. The Hall–Kier alpha value is -1.06. The lowest BCUT2D eigenvalue weighted by Crippen LogP contribution is -2.38. The average Bonchev–Trinajstić information content (AvgIpc) is 2.95. The summed E-state index contributed by atoms with van der Waals surface area (Å²) in [5.74, 6) is 0.878. The lowest BCUT2D eigenvalue weighted by Gasteiger charge is -2.30. The van der Waals surface area contributed by atoms with E-state index < -0.39 is 5.60 Å². The summed E-state index contributed by atoms with van der Waals surface area (Å²) in [5, 5.41) is 11.0. The zero-order valence-electron chi connectivity index (χ0n) is 11.8. The summed E-state index contributed by atoms with van der Waals surface area (Å²) in [6, 6.07) is 8.32. The zero-order valence-corrected chi connectivity index (χ0v) is 11.8. The van der Waals surface area contributed by atoms with Gasteiger partial charge in [0.05, 0.1) is 6.10 Å². The van der Waals surface area contributed by atoms with E-state index >= 15 is 0 Å². The van der Waals surface area contributed by atoms with E-state index in [0.29, 0.717) is 6.04 Å². The third-order valence-corrected chi connectivity index (χ3v) is 4.42. The molecule has 2 unspecified atom stereocenters. The van der Waals surface area contributed by atoms with Crippen LogP contribution in [0.2, 0.25) is 0 Å². The van der Waals surface area contributed by atoms with Crippen molar-refractivity contribution >= 4 is 0 Å². The van der Waals surface area contributed by atoms with Crippen LogP contribution in [-0.2, 0) is 5.60 Å². The quantitative estimate of drug-likeness (QED) is 0.907. The molecule has 0 aliphatic carbocycles. The van der Waals surface area contributed by atoms with Gasteiger partial charge >= 0.3 is 0 Å². The highest BCUT2D eigenvalue weighted by Gasteiger charge is 2.48. The van der Waals surface area contributed by atoms with Crippen molar-refractivity contribution in [1.82, 2.24) is 4.90 Å². The van der Waals surface area contributed by atoms with Gasteiger partial charge in [0.1, 0.15) is 11.4 Å². The Balaban J connectivity index is 1.81. The molecular weight excluding hydrogens is 238 g/mol. The molecule has 0 radical (unpaired) electrons. The van der Waals surface area contributed by atoms with Gasteiger partial charge in [0, 0.05) is 12.6 Å². The molecule has 1 aromatic rings. The Morgan fingerprint density at radius 2 is 2.00 bits per heavy atom. The van der Waals surface area contributed by atoms with Crippen molar-refractivity contribution < 1.29 is 9.84 Å². The molecule has 3 heteroatoms. The van der Waals surface area contributed by atoms with Crippen LogP contribution < -0.4 is 4.74 Å². The number of nitrogens with zero attached hydrogens (tertiary/aromatic N) is 1. The van der Waals surface area contributed by atoms with Gasteiger partial charge in [-0.25, -0.2) is 0 Å². The van der Waals surface area contributed by atoms with E-state index in [0.717, 1.165) is 37.2 Å². The first-order valence-corrected chi connectivity index (χ1v) is 7.33. The maximum absolute atomic E-state index is 11.0. The summed E-state index contributed by atoms with van der Waals surface area (Å²) in [6.07, 6.45) is 3.36. The first-order chi connectivity index (χ1) is 9.09. The minimum atomic E-state index is -0.660. The fourth-order valence-electron chi connectivity index (χ4n) is 3.55. The maximum Gasteiger partial charge on any atom is 0.119 e. The molecule has 0 bridgehead atoms. The summed E-state index contributed by atoms with van der Waals surface area (Å²) >= 11 is 0. The second-order valence-corrected chi connectivity index (χ2v) is 6.06. The van der Waals surface area contributed by atoms with E-state index in [1.54, 1.807) is 0 Å². The first-order valence-electron chi connectivity index (χ1n) is 7.33. The number of rotatable bonds is 3. The third kappa shape index (κ3) is 2.26. The molecule has 3 rings (SSSR count). The molecule has 1 N–H and O–H groups in total. The van der Waals surface area contributed by atoms with Gasteiger partial charge in [0.25, 0.3) is 0 Å². The molecule has 0 amide bonds. The number of ether oxygens (including phenoxy) is 1. The molecule has 2 heterocycles. The molecule has 0 spiro atoms. The predicted molar refractivity (Wildman–Crippen MR) is 75.3 cm³/mol. The smallest absolute Gasteiger partial charge is 0.119 e. The van der Waals surface area contributed by atoms with Crippen molar-refractivity contribution in [3.05, 3.63) is 29.8 Å². The second-order valence-electron chi connectivity index (χ2n) is 6.06. The Morgan fingerprint density at radius 3 is 2.68 bits per heavy atom. The minimum Gasteiger partial charge on any atom is -0.491 e. The van der Waals surface area contributed by atoms with Crippen LogP contribution in [0.25, 0.3) is 0 Å². The summed E-state index contributed by atoms with van der Waals surface area (Å²) in [5.41, 5.74) is 0.380. The van der Waals surface area contributed by atoms with E-state index in [2.05, 4.69) is 4.90 Å². The van der Waals surface area contributed by atoms with Crippen LogP contribution in [0, 0.1) is 0 Å². The topological polar surface area (TPSA) is 32.7 Å². The molecule has 2 aliphatic rings. The van der Waals surface area contributed by atoms with E-state index in [1.165, 1.54) is 6.42 Å². The summed E-state index contributed by atoms with van der Waals surface area (Å²) < 4.78 is 5.66. The van der Waals surface area contributed by atoms with Gasteiger partial charge in [-0.15, -0.1) is 0 Å². The Labute approximate surface area is 115 Å². The molecule has 19 heavy (non-hydrogen) atoms. The Kier molecular flexibility index (Phi) is 3.27. The summed E-state index contributed by atoms with van der Waals surface area (Å²) in [4.78, 5) is 2.43. The van der Waals surface area contributed by atoms with Crippen molar-refractivity contribution in [3.63, 3.8) is 0 Å². The van der Waals surface area contributed by atoms with Crippen molar-refractivity contribution in [1.29, 1.82) is 0 Å². The highest BCUT2D eigenvalue weighted by atomic mass is 16.5. The third-order valence-electron chi connectivity index (χ3n) is 4.42. The second kappa shape index (κ2) is 4.80. The molecule has 104 valence electrons. The van der Waals surface area contributed by atoms with Crippen molar-refractivity contribution in [2.75, 3.05) is 13.1 Å². The van der Waals surface area contributed by atoms with Gasteiger partial charge in [0.2, 0.25) is 0 Å². The van der Waals surface area contributed by atoms with Crippen LogP contribution in [-0.4, -0.2) is 35.2 Å². The largest absolute Gasteiger partial charge is 0.491 e. The predicted octanol–water partition coefficient (Wildman–Crippen LogP) is 2.53. The fraction of sp³-hybridized carbons (Fsp3) is 0.625. The average molecular weight is 261 g/mol. The minimum absolute atomic E-state index is 0.186. The molecule has 2 saturated heterocycles. The highest BCUT2D eigenvalue weighted by molar-refractivity contribution is 5.33. The van der Waals surface area contributed by atoms with E-state index in [9.17, 15) is 5.11 Å². The fourth-order valence-corrected chi connectivity index (χ4v) is 3.55. The molecule has 3 nitrogen and oxygen atoms in total. The standard InChI is InChI=1S/C16H23NO2/c1-12(2)19-14-7-5-13(6-8-14)16(18)9-11-17-10-3-4-15(16)17/h5-8,12,15,18H,3-4,9-11H2,1-2H3. The monoisotopic (exact) mass is 261 g/mol. The van der Waals surface area contributed by atoms with Gasteiger partial charge in [-0.3, -0.25) is 4.90 Å². The van der Waals surface area contributed by atoms with Crippen molar-refractivity contribution in [2.45, 2.75) is 50.9 Å². The van der Waals surface area contributed by atoms with E-state index in [1.807, 2.05) is 38.1 Å². The van der Waals surface area contributed by atoms with Crippen LogP contribution in [0.4, 0.5) is 0 Å². The lowest BCUT2D eigenvalue weighted by atomic mass is 9.85. The normalized spacial score (nSPS) is 30.8. The van der Waals surface area contributed by atoms with Crippen LogP contribution >= 0.6 is 0 Å². The molecule has 2 fully saturated rings.